The topological polar surface area (TPSA) is 29.3 Å². The molecule has 0 aliphatic heterocycles. The van der Waals surface area contributed by atoms with Gasteiger partial charge in [-0.25, -0.2) is 0 Å². The second-order valence-corrected chi connectivity index (χ2v) is 5.75. The summed E-state index contributed by atoms with van der Waals surface area (Å²) in [6.07, 6.45) is 9.51. The third-order valence-electron chi connectivity index (χ3n) is 4.55. The molecule has 3 unspecified atom stereocenters. The van der Waals surface area contributed by atoms with Crippen molar-refractivity contribution in [3.8, 4) is 0 Å². The van der Waals surface area contributed by atoms with Crippen LogP contribution in [0.4, 0.5) is 0 Å². The number of nitrogens with zero attached hydrogens (tertiary/aromatic N) is 1. The molecule has 2 saturated carbocycles. The van der Waals surface area contributed by atoms with E-state index in [0.717, 1.165) is 12.0 Å². The van der Waals surface area contributed by atoms with Gasteiger partial charge in [-0.3, -0.25) is 4.90 Å². The summed E-state index contributed by atoms with van der Waals surface area (Å²) < 4.78 is 0. The van der Waals surface area contributed by atoms with Crippen molar-refractivity contribution in [1.82, 2.24) is 4.90 Å². The van der Waals surface area contributed by atoms with Crippen molar-refractivity contribution in [2.45, 2.75) is 70.0 Å². The first kappa shape index (κ1) is 11.4. The first-order chi connectivity index (χ1) is 7.18. The summed E-state index contributed by atoms with van der Waals surface area (Å²) in [6, 6.07) is 1.90. The molecule has 2 N–H and O–H groups in total. The molecule has 0 aromatic heterocycles. The zero-order chi connectivity index (χ0) is 10.8. The molecule has 2 rings (SSSR count). The highest BCUT2D eigenvalue weighted by atomic mass is 15.2. The molecule has 2 heteroatoms. The maximum atomic E-state index is 6.27. The standard InChI is InChI=1S/C13H26N2/c1-10-7-8-12(14)13(9-10)15(2)11-5-3-4-6-11/h10-13H,3-9,14H2,1-2H3. The molecule has 0 saturated heterocycles. The lowest BCUT2D eigenvalue weighted by atomic mass is 9.82. The Morgan fingerprint density at radius 1 is 1.07 bits per heavy atom. The van der Waals surface area contributed by atoms with Crippen molar-refractivity contribution >= 4 is 0 Å². The molecule has 0 radical (unpaired) electrons. The van der Waals surface area contributed by atoms with Crippen molar-refractivity contribution in [2.24, 2.45) is 11.7 Å². The highest BCUT2D eigenvalue weighted by Crippen LogP contribution is 2.31. The first-order valence-electron chi connectivity index (χ1n) is 6.66. The molecule has 2 nitrogen and oxygen atoms in total. The van der Waals surface area contributed by atoms with Crippen LogP contribution in [0.2, 0.25) is 0 Å². The number of hydrogen-bond donors (Lipinski definition) is 1. The Morgan fingerprint density at radius 2 is 1.73 bits per heavy atom. The monoisotopic (exact) mass is 210 g/mol. The van der Waals surface area contributed by atoms with E-state index in [2.05, 4.69) is 18.9 Å². The highest BCUT2D eigenvalue weighted by Gasteiger charge is 2.33. The largest absolute Gasteiger partial charge is 0.326 e. The zero-order valence-corrected chi connectivity index (χ0v) is 10.3. The Bertz CT molecular complexity index is 199. The number of rotatable bonds is 2. The van der Waals surface area contributed by atoms with Crippen LogP contribution in [0.25, 0.3) is 0 Å². The van der Waals surface area contributed by atoms with Crippen LogP contribution in [-0.4, -0.2) is 30.1 Å². The molecular formula is C13H26N2. The van der Waals surface area contributed by atoms with E-state index < -0.39 is 0 Å². The molecule has 15 heavy (non-hydrogen) atoms. The molecule has 2 aliphatic rings. The average molecular weight is 210 g/mol. The van der Waals surface area contributed by atoms with Gasteiger partial charge in [-0.05, 0) is 45.1 Å². The molecule has 0 aromatic carbocycles. The van der Waals surface area contributed by atoms with Gasteiger partial charge in [-0.1, -0.05) is 19.8 Å². The first-order valence-corrected chi connectivity index (χ1v) is 6.66. The third-order valence-corrected chi connectivity index (χ3v) is 4.55. The van der Waals surface area contributed by atoms with E-state index in [0.29, 0.717) is 12.1 Å². The molecule has 0 amide bonds. The summed E-state index contributed by atoms with van der Waals surface area (Å²) in [4.78, 5) is 2.60. The molecule has 3 atom stereocenters. The van der Waals surface area contributed by atoms with Crippen molar-refractivity contribution < 1.29 is 0 Å². The zero-order valence-electron chi connectivity index (χ0n) is 10.3. The van der Waals surface area contributed by atoms with E-state index in [1.807, 2.05) is 0 Å². The van der Waals surface area contributed by atoms with E-state index in [1.54, 1.807) is 0 Å². The van der Waals surface area contributed by atoms with E-state index >= 15 is 0 Å². The molecule has 2 aliphatic carbocycles. The van der Waals surface area contributed by atoms with Crippen molar-refractivity contribution in [3.05, 3.63) is 0 Å². The third kappa shape index (κ3) is 2.54. The number of nitrogens with two attached hydrogens (primary N) is 1. The van der Waals surface area contributed by atoms with Gasteiger partial charge < -0.3 is 5.73 Å². The van der Waals surface area contributed by atoms with Crippen molar-refractivity contribution in [3.63, 3.8) is 0 Å². The molecule has 0 bridgehead atoms. The van der Waals surface area contributed by atoms with Gasteiger partial charge in [0, 0.05) is 18.1 Å². The summed E-state index contributed by atoms with van der Waals surface area (Å²) in [5, 5.41) is 0. The van der Waals surface area contributed by atoms with Gasteiger partial charge in [0.25, 0.3) is 0 Å². The molecule has 0 spiro atoms. The summed E-state index contributed by atoms with van der Waals surface area (Å²) in [5.74, 6) is 0.874. The van der Waals surface area contributed by atoms with Crippen LogP contribution in [0, 0.1) is 5.92 Å². The second kappa shape index (κ2) is 4.84. The second-order valence-electron chi connectivity index (χ2n) is 5.75. The maximum Gasteiger partial charge on any atom is 0.0249 e. The predicted octanol–water partition coefficient (Wildman–Crippen LogP) is 2.38. The van der Waals surface area contributed by atoms with Gasteiger partial charge in [-0.15, -0.1) is 0 Å². The lowest BCUT2D eigenvalue weighted by molar-refractivity contribution is 0.103. The predicted molar refractivity (Wildman–Crippen MR) is 64.8 cm³/mol. The number of hydrogen-bond acceptors (Lipinski definition) is 2. The van der Waals surface area contributed by atoms with Gasteiger partial charge in [-0.2, -0.15) is 0 Å². The smallest absolute Gasteiger partial charge is 0.0249 e. The Balaban J connectivity index is 1.94. The summed E-state index contributed by atoms with van der Waals surface area (Å²) >= 11 is 0. The SMILES string of the molecule is CC1CCC(N)C(N(C)C2CCCC2)C1. The van der Waals surface area contributed by atoms with Gasteiger partial charge >= 0.3 is 0 Å². The van der Waals surface area contributed by atoms with Crippen LogP contribution in [0.1, 0.15) is 51.9 Å². The lowest BCUT2D eigenvalue weighted by Gasteiger charge is -2.41. The normalized spacial score (nSPS) is 38.8. The Kier molecular flexibility index (Phi) is 3.68. The maximum absolute atomic E-state index is 6.27. The molecule has 2 fully saturated rings. The van der Waals surface area contributed by atoms with E-state index in [9.17, 15) is 0 Å². The lowest BCUT2D eigenvalue weighted by Crippen LogP contribution is -2.52. The van der Waals surface area contributed by atoms with E-state index in [-0.39, 0.29) is 0 Å². The minimum Gasteiger partial charge on any atom is -0.326 e. The fraction of sp³-hybridized carbons (Fsp3) is 1.00. The summed E-state index contributed by atoms with van der Waals surface area (Å²) in [7, 11) is 2.30. The van der Waals surface area contributed by atoms with Crippen LogP contribution < -0.4 is 5.73 Å². The highest BCUT2D eigenvalue weighted by molar-refractivity contribution is 4.90. The number of likely N-dealkylation sites (N-methyl/N-ethyl adjacent to an activating group) is 1. The quantitative estimate of drug-likeness (QED) is 0.758. The van der Waals surface area contributed by atoms with Crippen LogP contribution in [0.3, 0.4) is 0 Å². The average Bonchev–Trinajstić information content (AvgIpc) is 2.74. The van der Waals surface area contributed by atoms with Gasteiger partial charge in [0.05, 0.1) is 0 Å². The summed E-state index contributed by atoms with van der Waals surface area (Å²) in [5.41, 5.74) is 6.27. The Hall–Kier alpha value is -0.0800. The van der Waals surface area contributed by atoms with Gasteiger partial charge in [0.1, 0.15) is 0 Å². The van der Waals surface area contributed by atoms with Gasteiger partial charge in [0.2, 0.25) is 0 Å². The Morgan fingerprint density at radius 3 is 2.40 bits per heavy atom. The van der Waals surface area contributed by atoms with Crippen LogP contribution in [0.5, 0.6) is 0 Å². The molecule has 0 aromatic rings. The van der Waals surface area contributed by atoms with Crippen LogP contribution in [-0.2, 0) is 0 Å². The Labute approximate surface area is 94.2 Å². The van der Waals surface area contributed by atoms with Crippen LogP contribution in [0.15, 0.2) is 0 Å². The molecule has 0 heterocycles. The van der Waals surface area contributed by atoms with E-state index in [1.165, 1.54) is 44.9 Å². The van der Waals surface area contributed by atoms with E-state index in [4.69, 9.17) is 5.73 Å². The minimum absolute atomic E-state index is 0.423. The van der Waals surface area contributed by atoms with Crippen LogP contribution >= 0.6 is 0 Å². The summed E-state index contributed by atoms with van der Waals surface area (Å²) in [6.45, 7) is 2.38. The van der Waals surface area contributed by atoms with Gasteiger partial charge in [0.15, 0.2) is 0 Å². The fourth-order valence-electron chi connectivity index (χ4n) is 3.42. The minimum atomic E-state index is 0.423. The molecular weight excluding hydrogens is 184 g/mol. The van der Waals surface area contributed by atoms with Crippen molar-refractivity contribution in [1.29, 1.82) is 0 Å². The molecule has 88 valence electrons. The van der Waals surface area contributed by atoms with Crippen molar-refractivity contribution in [2.75, 3.05) is 7.05 Å². The fourth-order valence-corrected chi connectivity index (χ4v) is 3.42.